The van der Waals surface area contributed by atoms with E-state index in [9.17, 15) is 14.0 Å². The summed E-state index contributed by atoms with van der Waals surface area (Å²) in [4.78, 5) is 25.9. The van der Waals surface area contributed by atoms with Gasteiger partial charge in [0, 0.05) is 18.3 Å². The predicted molar refractivity (Wildman–Crippen MR) is 93.7 cm³/mol. The number of carbonyl (C=O) groups is 2. The molecule has 1 saturated heterocycles. The van der Waals surface area contributed by atoms with Gasteiger partial charge in [-0.2, -0.15) is 0 Å². The number of hydrogen-bond acceptors (Lipinski definition) is 3. The van der Waals surface area contributed by atoms with E-state index in [-0.39, 0.29) is 23.0 Å². The van der Waals surface area contributed by atoms with Crippen LogP contribution in [0.2, 0.25) is 0 Å². The van der Waals surface area contributed by atoms with Gasteiger partial charge in [0.05, 0.1) is 5.75 Å². The minimum absolute atomic E-state index is 0.00474. The van der Waals surface area contributed by atoms with Gasteiger partial charge in [-0.15, -0.1) is 11.8 Å². The molecule has 1 unspecified atom stereocenters. The third kappa shape index (κ3) is 3.01. The number of thioether (sulfide) groups is 1. The zero-order chi connectivity index (χ0) is 17.3. The van der Waals surface area contributed by atoms with Crippen molar-refractivity contribution in [2.24, 2.45) is 0 Å². The lowest BCUT2D eigenvalue weighted by molar-refractivity contribution is -0.115. The van der Waals surface area contributed by atoms with E-state index in [1.54, 1.807) is 42.3 Å². The molecule has 1 N–H and O–H groups in total. The van der Waals surface area contributed by atoms with E-state index >= 15 is 0 Å². The van der Waals surface area contributed by atoms with Crippen molar-refractivity contribution in [3.8, 4) is 0 Å². The maximum absolute atomic E-state index is 13.2. The average molecular weight is 344 g/mol. The number of nitrogens with zero attached hydrogens (tertiary/aromatic N) is 1. The monoisotopic (exact) mass is 344 g/mol. The van der Waals surface area contributed by atoms with E-state index in [2.05, 4.69) is 5.32 Å². The summed E-state index contributed by atoms with van der Waals surface area (Å²) in [5.41, 5.74) is 3.05. The molecule has 0 aromatic heterocycles. The molecule has 6 heteroatoms. The van der Waals surface area contributed by atoms with Gasteiger partial charge in [-0.1, -0.05) is 12.1 Å². The molecule has 124 valence electrons. The molecule has 0 saturated carbocycles. The average Bonchev–Trinajstić information content (AvgIpc) is 2.96. The maximum Gasteiger partial charge on any atom is 0.251 e. The van der Waals surface area contributed by atoms with Crippen molar-refractivity contribution in [1.82, 2.24) is 5.32 Å². The highest BCUT2D eigenvalue weighted by Gasteiger charge is 2.34. The van der Waals surface area contributed by atoms with Crippen molar-refractivity contribution < 1.29 is 14.0 Å². The van der Waals surface area contributed by atoms with Crippen molar-refractivity contribution in [2.45, 2.75) is 12.3 Å². The lowest BCUT2D eigenvalue weighted by Gasteiger charge is -2.26. The van der Waals surface area contributed by atoms with Crippen molar-refractivity contribution in [3.05, 3.63) is 65.0 Å². The number of carbonyl (C=O) groups excluding carboxylic acids is 2. The highest BCUT2D eigenvalue weighted by molar-refractivity contribution is 8.00. The quantitative estimate of drug-likeness (QED) is 0.930. The first-order chi connectivity index (χ1) is 11.5. The van der Waals surface area contributed by atoms with Crippen LogP contribution in [0.15, 0.2) is 42.5 Å². The lowest BCUT2D eigenvalue weighted by Crippen LogP contribution is -2.28. The number of nitrogens with one attached hydrogen (secondary N) is 1. The fourth-order valence-corrected chi connectivity index (χ4v) is 3.94. The molecule has 0 aliphatic carbocycles. The van der Waals surface area contributed by atoms with E-state index in [0.29, 0.717) is 11.3 Å². The van der Waals surface area contributed by atoms with E-state index in [4.69, 9.17) is 0 Å². The molecule has 0 spiro atoms. The van der Waals surface area contributed by atoms with E-state index in [1.807, 2.05) is 6.92 Å². The Morgan fingerprint density at radius 2 is 1.96 bits per heavy atom. The first-order valence-electron chi connectivity index (χ1n) is 7.53. The number of hydrogen-bond donors (Lipinski definition) is 1. The minimum Gasteiger partial charge on any atom is -0.355 e. The predicted octanol–water partition coefficient (Wildman–Crippen LogP) is 3.27. The largest absolute Gasteiger partial charge is 0.355 e. The Morgan fingerprint density at radius 1 is 1.25 bits per heavy atom. The third-order valence-electron chi connectivity index (χ3n) is 3.97. The summed E-state index contributed by atoms with van der Waals surface area (Å²) >= 11 is 1.51. The summed E-state index contributed by atoms with van der Waals surface area (Å²) in [6.45, 7) is 1.87. The standard InChI is InChI=1S/C18H17FN2O2S/c1-11-9-13(17(23)20-2)5-8-15(11)21-16(22)10-24-18(21)12-3-6-14(19)7-4-12/h3-9,18H,10H2,1-2H3,(H,20,23). The van der Waals surface area contributed by atoms with E-state index in [1.165, 1.54) is 23.9 Å². The number of aryl methyl sites for hydroxylation is 1. The molecule has 2 amide bonds. The van der Waals surface area contributed by atoms with Crippen LogP contribution in [-0.4, -0.2) is 24.6 Å². The summed E-state index contributed by atoms with van der Waals surface area (Å²) in [5, 5.41) is 2.40. The van der Waals surface area contributed by atoms with Crippen LogP contribution in [0.1, 0.15) is 26.9 Å². The van der Waals surface area contributed by atoms with Gasteiger partial charge >= 0.3 is 0 Å². The van der Waals surface area contributed by atoms with Crippen LogP contribution in [0.3, 0.4) is 0 Å². The molecule has 2 aromatic carbocycles. The van der Waals surface area contributed by atoms with Gasteiger partial charge in [0.1, 0.15) is 11.2 Å². The molecule has 2 aromatic rings. The van der Waals surface area contributed by atoms with Gasteiger partial charge in [-0.25, -0.2) is 4.39 Å². The van der Waals surface area contributed by atoms with Crippen LogP contribution in [-0.2, 0) is 4.79 Å². The molecule has 1 aliphatic heterocycles. The fraction of sp³-hybridized carbons (Fsp3) is 0.222. The molecular formula is C18H17FN2O2S. The Balaban J connectivity index is 1.98. The lowest BCUT2D eigenvalue weighted by atomic mass is 10.1. The number of benzene rings is 2. The molecule has 0 bridgehead atoms. The number of halogens is 1. The van der Waals surface area contributed by atoms with Crippen LogP contribution in [0.5, 0.6) is 0 Å². The summed E-state index contributed by atoms with van der Waals surface area (Å²) in [6.07, 6.45) is 0. The maximum atomic E-state index is 13.2. The molecule has 1 heterocycles. The second-order valence-corrected chi connectivity index (χ2v) is 6.63. The second kappa shape index (κ2) is 6.65. The van der Waals surface area contributed by atoms with Gasteiger partial charge in [-0.3, -0.25) is 14.5 Å². The topological polar surface area (TPSA) is 49.4 Å². The molecule has 1 fully saturated rings. The van der Waals surface area contributed by atoms with Crippen LogP contribution < -0.4 is 10.2 Å². The molecular weight excluding hydrogens is 327 g/mol. The Kier molecular flexibility index (Phi) is 4.57. The summed E-state index contributed by atoms with van der Waals surface area (Å²) < 4.78 is 13.2. The number of anilines is 1. The summed E-state index contributed by atoms with van der Waals surface area (Å²) in [7, 11) is 1.58. The highest BCUT2D eigenvalue weighted by atomic mass is 32.2. The molecule has 1 aliphatic rings. The van der Waals surface area contributed by atoms with Gasteiger partial charge < -0.3 is 5.32 Å². The molecule has 1 atom stereocenters. The first-order valence-corrected chi connectivity index (χ1v) is 8.58. The second-order valence-electron chi connectivity index (χ2n) is 5.56. The van der Waals surface area contributed by atoms with Crippen LogP contribution in [0.4, 0.5) is 10.1 Å². The smallest absolute Gasteiger partial charge is 0.251 e. The summed E-state index contributed by atoms with van der Waals surface area (Å²) in [6, 6.07) is 11.5. The van der Waals surface area contributed by atoms with Crippen molar-refractivity contribution in [1.29, 1.82) is 0 Å². The van der Waals surface area contributed by atoms with Crippen molar-refractivity contribution in [3.63, 3.8) is 0 Å². The minimum atomic E-state index is -0.300. The van der Waals surface area contributed by atoms with Crippen molar-refractivity contribution >= 4 is 29.3 Å². The molecule has 4 nitrogen and oxygen atoms in total. The number of amides is 2. The Hall–Kier alpha value is -2.34. The Bertz CT molecular complexity index is 792. The molecule has 24 heavy (non-hydrogen) atoms. The van der Waals surface area contributed by atoms with Gasteiger partial charge in [0.25, 0.3) is 5.91 Å². The zero-order valence-corrected chi connectivity index (χ0v) is 14.2. The van der Waals surface area contributed by atoms with Gasteiger partial charge in [0.2, 0.25) is 5.91 Å². The van der Waals surface area contributed by atoms with E-state index in [0.717, 1.165) is 16.8 Å². The van der Waals surface area contributed by atoms with Crippen LogP contribution >= 0.6 is 11.8 Å². The number of rotatable bonds is 3. The Morgan fingerprint density at radius 3 is 2.58 bits per heavy atom. The Labute approximate surface area is 144 Å². The fourth-order valence-electron chi connectivity index (χ4n) is 2.77. The van der Waals surface area contributed by atoms with Crippen LogP contribution in [0, 0.1) is 12.7 Å². The zero-order valence-electron chi connectivity index (χ0n) is 13.4. The van der Waals surface area contributed by atoms with Crippen molar-refractivity contribution in [2.75, 3.05) is 17.7 Å². The molecule has 0 radical (unpaired) electrons. The first kappa shape index (κ1) is 16.5. The normalized spacial score (nSPS) is 17.2. The van der Waals surface area contributed by atoms with Crippen LogP contribution in [0.25, 0.3) is 0 Å². The summed E-state index contributed by atoms with van der Waals surface area (Å²) in [5.74, 6) is -0.0868. The molecule has 3 rings (SSSR count). The third-order valence-corrected chi connectivity index (χ3v) is 5.18. The van der Waals surface area contributed by atoms with Gasteiger partial charge in [0.15, 0.2) is 0 Å². The SMILES string of the molecule is CNC(=O)c1ccc(N2C(=O)CSC2c2ccc(F)cc2)c(C)c1. The van der Waals surface area contributed by atoms with Gasteiger partial charge in [-0.05, 0) is 48.4 Å². The highest BCUT2D eigenvalue weighted by Crippen LogP contribution is 2.42. The van der Waals surface area contributed by atoms with E-state index < -0.39 is 0 Å².